The number of aryl methyl sites for hydroxylation is 1. The Bertz CT molecular complexity index is 573. The van der Waals surface area contributed by atoms with Gasteiger partial charge in [0.25, 0.3) is 0 Å². The first-order valence-corrected chi connectivity index (χ1v) is 5.54. The van der Waals surface area contributed by atoms with Crippen LogP contribution in [0.2, 0.25) is 0 Å². The highest BCUT2D eigenvalue weighted by atomic mass is 15.2. The van der Waals surface area contributed by atoms with Crippen LogP contribution in [0.5, 0.6) is 0 Å². The van der Waals surface area contributed by atoms with Crippen molar-refractivity contribution in [2.45, 2.75) is 19.3 Å². The molecule has 1 aromatic carbocycles. The van der Waals surface area contributed by atoms with Gasteiger partial charge >= 0.3 is 0 Å². The zero-order chi connectivity index (χ0) is 12.5. The van der Waals surface area contributed by atoms with Crippen LogP contribution >= 0.6 is 0 Å². The molecule has 0 aliphatic heterocycles. The van der Waals surface area contributed by atoms with Gasteiger partial charge in [0.15, 0.2) is 0 Å². The minimum absolute atomic E-state index is 0.494. The molecule has 3 nitrogen and oxygen atoms in total. The minimum Gasteiger partial charge on any atom is -0.275 e. The molecule has 2 aromatic rings. The zero-order valence-electron chi connectivity index (χ0n) is 10.3. The Morgan fingerprint density at radius 2 is 2.00 bits per heavy atom. The topological polar surface area (TPSA) is 41.6 Å². The molecule has 0 saturated carbocycles. The summed E-state index contributed by atoms with van der Waals surface area (Å²) in [5.41, 5.74) is 2.67. The van der Waals surface area contributed by atoms with E-state index < -0.39 is 5.41 Å². The molecule has 0 spiro atoms. The molecule has 0 fully saturated rings. The molecule has 0 bridgehead atoms. The zero-order valence-corrected chi connectivity index (χ0v) is 10.3. The van der Waals surface area contributed by atoms with Crippen LogP contribution in [-0.4, -0.2) is 9.78 Å². The molecule has 0 aliphatic carbocycles. The number of hydrogen-bond acceptors (Lipinski definition) is 2. The van der Waals surface area contributed by atoms with Gasteiger partial charge in [0, 0.05) is 18.8 Å². The van der Waals surface area contributed by atoms with Crippen LogP contribution < -0.4 is 0 Å². The van der Waals surface area contributed by atoms with Crippen molar-refractivity contribution in [1.82, 2.24) is 9.78 Å². The van der Waals surface area contributed by atoms with Gasteiger partial charge in [-0.05, 0) is 25.0 Å². The van der Waals surface area contributed by atoms with E-state index >= 15 is 0 Å². The van der Waals surface area contributed by atoms with Crippen LogP contribution in [0.15, 0.2) is 36.7 Å². The molecule has 1 aromatic heterocycles. The maximum atomic E-state index is 9.25. The van der Waals surface area contributed by atoms with Crippen molar-refractivity contribution in [2.24, 2.45) is 7.05 Å². The van der Waals surface area contributed by atoms with Gasteiger partial charge in [0.2, 0.25) is 0 Å². The normalized spacial score (nSPS) is 11.2. The van der Waals surface area contributed by atoms with E-state index in [-0.39, 0.29) is 0 Å². The van der Waals surface area contributed by atoms with Gasteiger partial charge in [-0.15, -0.1) is 0 Å². The van der Waals surface area contributed by atoms with Gasteiger partial charge < -0.3 is 0 Å². The van der Waals surface area contributed by atoms with Gasteiger partial charge in [-0.25, -0.2) is 0 Å². The third-order valence-electron chi connectivity index (χ3n) is 2.90. The Labute approximate surface area is 101 Å². The largest absolute Gasteiger partial charge is 0.275 e. The first kappa shape index (κ1) is 11.4. The highest BCUT2D eigenvalue weighted by Crippen LogP contribution is 2.32. The highest BCUT2D eigenvalue weighted by Gasteiger charge is 2.23. The van der Waals surface area contributed by atoms with E-state index in [1.165, 1.54) is 0 Å². The Morgan fingerprint density at radius 1 is 1.29 bits per heavy atom. The van der Waals surface area contributed by atoms with E-state index in [0.29, 0.717) is 0 Å². The summed E-state index contributed by atoms with van der Waals surface area (Å²) in [6, 6.07) is 10.3. The van der Waals surface area contributed by atoms with Crippen LogP contribution in [0.1, 0.15) is 19.4 Å². The third kappa shape index (κ3) is 2.07. The van der Waals surface area contributed by atoms with Crippen LogP contribution in [0.25, 0.3) is 11.1 Å². The van der Waals surface area contributed by atoms with E-state index in [0.717, 1.165) is 16.7 Å². The van der Waals surface area contributed by atoms with Crippen LogP contribution in [0.3, 0.4) is 0 Å². The summed E-state index contributed by atoms with van der Waals surface area (Å²) in [5.74, 6) is 0. The predicted octanol–water partition coefficient (Wildman–Crippen LogP) is 2.89. The molecule has 3 heteroatoms. The van der Waals surface area contributed by atoms with Crippen LogP contribution in [0.4, 0.5) is 0 Å². The van der Waals surface area contributed by atoms with Crippen molar-refractivity contribution < 1.29 is 0 Å². The van der Waals surface area contributed by atoms with E-state index in [1.807, 2.05) is 57.6 Å². The highest BCUT2D eigenvalue weighted by molar-refractivity contribution is 5.68. The second kappa shape index (κ2) is 4.06. The quantitative estimate of drug-likeness (QED) is 0.788. The Balaban J connectivity index is 2.60. The van der Waals surface area contributed by atoms with Crippen molar-refractivity contribution in [3.8, 4) is 17.2 Å². The number of rotatable bonds is 2. The molecular formula is C14H15N3. The van der Waals surface area contributed by atoms with Crippen molar-refractivity contribution >= 4 is 0 Å². The molecule has 86 valence electrons. The molecule has 0 saturated heterocycles. The van der Waals surface area contributed by atoms with Gasteiger partial charge in [-0.1, -0.05) is 24.3 Å². The summed E-state index contributed by atoms with van der Waals surface area (Å²) in [6.07, 6.45) is 3.79. The second-order valence-corrected chi connectivity index (χ2v) is 4.69. The first-order valence-electron chi connectivity index (χ1n) is 5.54. The SMILES string of the molecule is Cn1cc(-c2ccccc2C(C)(C)C#N)cn1. The fourth-order valence-corrected chi connectivity index (χ4v) is 1.90. The maximum Gasteiger partial charge on any atom is 0.0772 e. The fourth-order valence-electron chi connectivity index (χ4n) is 1.90. The predicted molar refractivity (Wildman–Crippen MR) is 67.3 cm³/mol. The Morgan fingerprint density at radius 3 is 2.59 bits per heavy atom. The number of aromatic nitrogens is 2. The molecule has 0 atom stereocenters. The van der Waals surface area contributed by atoms with E-state index in [1.54, 1.807) is 4.68 Å². The second-order valence-electron chi connectivity index (χ2n) is 4.69. The van der Waals surface area contributed by atoms with Crippen molar-refractivity contribution in [3.05, 3.63) is 42.2 Å². The lowest BCUT2D eigenvalue weighted by molar-refractivity contribution is 0.689. The first-order chi connectivity index (χ1) is 8.04. The van der Waals surface area contributed by atoms with Crippen LogP contribution in [0, 0.1) is 11.3 Å². The smallest absolute Gasteiger partial charge is 0.0772 e. The summed E-state index contributed by atoms with van der Waals surface area (Å²) in [4.78, 5) is 0. The lowest BCUT2D eigenvalue weighted by Gasteiger charge is -2.19. The number of benzene rings is 1. The van der Waals surface area contributed by atoms with Crippen molar-refractivity contribution in [3.63, 3.8) is 0 Å². The minimum atomic E-state index is -0.494. The fraction of sp³-hybridized carbons (Fsp3) is 0.286. The number of hydrogen-bond donors (Lipinski definition) is 0. The molecule has 0 N–H and O–H groups in total. The standard InChI is InChI=1S/C14H15N3/c1-14(2,10-15)13-7-5-4-6-12(13)11-8-16-17(3)9-11/h4-9H,1-3H3. The average Bonchev–Trinajstić information content (AvgIpc) is 2.76. The molecular weight excluding hydrogens is 210 g/mol. The monoisotopic (exact) mass is 225 g/mol. The lowest BCUT2D eigenvalue weighted by Crippen LogP contribution is -2.15. The molecule has 0 amide bonds. The number of nitrogens with zero attached hydrogens (tertiary/aromatic N) is 3. The Kier molecular flexibility index (Phi) is 2.72. The molecule has 17 heavy (non-hydrogen) atoms. The molecule has 1 heterocycles. The number of nitriles is 1. The summed E-state index contributed by atoms with van der Waals surface area (Å²) in [5, 5.41) is 13.4. The van der Waals surface area contributed by atoms with E-state index in [4.69, 9.17) is 0 Å². The van der Waals surface area contributed by atoms with Crippen molar-refractivity contribution in [1.29, 1.82) is 5.26 Å². The molecule has 0 unspecified atom stereocenters. The van der Waals surface area contributed by atoms with Crippen LogP contribution in [-0.2, 0) is 12.5 Å². The van der Waals surface area contributed by atoms with E-state index in [2.05, 4.69) is 11.2 Å². The summed E-state index contributed by atoms with van der Waals surface area (Å²) < 4.78 is 1.77. The lowest BCUT2D eigenvalue weighted by atomic mass is 9.82. The third-order valence-corrected chi connectivity index (χ3v) is 2.90. The average molecular weight is 225 g/mol. The maximum absolute atomic E-state index is 9.25. The molecule has 0 aliphatic rings. The van der Waals surface area contributed by atoms with Gasteiger partial charge in [0.05, 0.1) is 17.7 Å². The van der Waals surface area contributed by atoms with E-state index in [9.17, 15) is 5.26 Å². The summed E-state index contributed by atoms with van der Waals surface area (Å²) in [6.45, 7) is 3.87. The Hall–Kier alpha value is -2.08. The van der Waals surface area contributed by atoms with Gasteiger partial charge in [-0.3, -0.25) is 4.68 Å². The molecule has 2 rings (SSSR count). The summed E-state index contributed by atoms with van der Waals surface area (Å²) in [7, 11) is 1.89. The molecule has 0 radical (unpaired) electrons. The van der Waals surface area contributed by atoms with Gasteiger partial charge in [-0.2, -0.15) is 10.4 Å². The van der Waals surface area contributed by atoms with Gasteiger partial charge in [0.1, 0.15) is 0 Å². The van der Waals surface area contributed by atoms with Crippen molar-refractivity contribution in [2.75, 3.05) is 0 Å². The summed E-state index contributed by atoms with van der Waals surface area (Å²) >= 11 is 0.